The molecule has 2 aromatic rings. The molecule has 0 amide bonds. The molecule has 1 aromatic carbocycles. The first kappa shape index (κ1) is 9.81. The first-order chi connectivity index (χ1) is 6.74. The molecule has 14 heavy (non-hydrogen) atoms. The largest absolute Gasteiger partial charge is 0.492 e. The van der Waals surface area contributed by atoms with Gasteiger partial charge in [0, 0.05) is 16.5 Å². The molecule has 0 aliphatic rings. The van der Waals surface area contributed by atoms with Crippen LogP contribution in [0.1, 0.15) is 12.5 Å². The van der Waals surface area contributed by atoms with E-state index >= 15 is 0 Å². The van der Waals surface area contributed by atoms with Gasteiger partial charge in [-0.05, 0) is 30.9 Å². The molecular weight excluding hydrogens is 216 g/mol. The van der Waals surface area contributed by atoms with E-state index in [4.69, 9.17) is 16.3 Å². The Morgan fingerprint density at radius 3 is 3.00 bits per heavy atom. The van der Waals surface area contributed by atoms with Gasteiger partial charge in [-0.3, -0.25) is 0 Å². The van der Waals surface area contributed by atoms with Crippen LogP contribution < -0.4 is 4.74 Å². The van der Waals surface area contributed by atoms with Crippen LogP contribution in [0, 0.1) is 6.92 Å². The highest BCUT2D eigenvalue weighted by Crippen LogP contribution is 2.37. The monoisotopic (exact) mass is 226 g/mol. The van der Waals surface area contributed by atoms with Gasteiger partial charge in [0.2, 0.25) is 0 Å². The Balaban J connectivity index is 2.71. The average molecular weight is 227 g/mol. The summed E-state index contributed by atoms with van der Waals surface area (Å²) in [4.78, 5) is 0. The van der Waals surface area contributed by atoms with Crippen LogP contribution in [-0.2, 0) is 0 Å². The number of ether oxygens (including phenoxy) is 1. The zero-order valence-electron chi connectivity index (χ0n) is 8.13. The number of benzene rings is 1. The molecule has 1 aromatic heterocycles. The number of rotatable bonds is 2. The third-order valence-electron chi connectivity index (χ3n) is 2.21. The van der Waals surface area contributed by atoms with E-state index in [1.165, 1.54) is 10.1 Å². The van der Waals surface area contributed by atoms with E-state index < -0.39 is 0 Å². The van der Waals surface area contributed by atoms with E-state index in [0.717, 1.165) is 16.3 Å². The molecule has 0 saturated heterocycles. The highest BCUT2D eigenvalue weighted by atomic mass is 35.5. The quantitative estimate of drug-likeness (QED) is 0.744. The molecule has 0 radical (unpaired) electrons. The standard InChI is InChI=1S/C11H11ClOS/c1-3-13-10-6-9(12)7(2)8-4-5-14-11(8)10/h4-6H,3H2,1-2H3. The number of aryl methyl sites for hydroxylation is 1. The Bertz CT molecular complexity index is 462. The topological polar surface area (TPSA) is 9.23 Å². The molecule has 0 aliphatic heterocycles. The fraction of sp³-hybridized carbons (Fsp3) is 0.273. The lowest BCUT2D eigenvalue weighted by atomic mass is 10.1. The molecule has 1 heterocycles. The van der Waals surface area contributed by atoms with Crippen LogP contribution in [0.25, 0.3) is 10.1 Å². The summed E-state index contributed by atoms with van der Waals surface area (Å²) >= 11 is 7.80. The van der Waals surface area contributed by atoms with Crippen molar-refractivity contribution in [2.45, 2.75) is 13.8 Å². The average Bonchev–Trinajstić information content (AvgIpc) is 2.63. The molecule has 0 fully saturated rings. The minimum Gasteiger partial charge on any atom is -0.492 e. The van der Waals surface area contributed by atoms with Crippen molar-refractivity contribution in [3.05, 3.63) is 28.1 Å². The molecule has 0 saturated carbocycles. The van der Waals surface area contributed by atoms with E-state index in [1.807, 2.05) is 19.9 Å². The van der Waals surface area contributed by atoms with E-state index in [2.05, 4.69) is 11.4 Å². The van der Waals surface area contributed by atoms with Gasteiger partial charge in [-0.25, -0.2) is 0 Å². The highest BCUT2D eigenvalue weighted by Gasteiger charge is 2.09. The zero-order valence-corrected chi connectivity index (χ0v) is 9.71. The number of hydrogen-bond acceptors (Lipinski definition) is 2. The molecule has 0 unspecified atom stereocenters. The third-order valence-corrected chi connectivity index (χ3v) is 3.53. The minimum atomic E-state index is 0.673. The Hall–Kier alpha value is -0.730. The highest BCUT2D eigenvalue weighted by molar-refractivity contribution is 7.17. The second-order valence-electron chi connectivity index (χ2n) is 3.08. The Kier molecular flexibility index (Phi) is 2.66. The molecule has 0 atom stereocenters. The fourth-order valence-electron chi connectivity index (χ4n) is 1.48. The first-order valence-corrected chi connectivity index (χ1v) is 5.79. The van der Waals surface area contributed by atoms with E-state index in [1.54, 1.807) is 11.3 Å². The van der Waals surface area contributed by atoms with Crippen molar-refractivity contribution in [3.8, 4) is 5.75 Å². The molecule has 1 nitrogen and oxygen atoms in total. The van der Waals surface area contributed by atoms with Gasteiger partial charge in [0.05, 0.1) is 11.3 Å². The van der Waals surface area contributed by atoms with Gasteiger partial charge < -0.3 is 4.74 Å². The number of fused-ring (bicyclic) bond motifs is 1. The first-order valence-electron chi connectivity index (χ1n) is 4.53. The summed E-state index contributed by atoms with van der Waals surface area (Å²) < 4.78 is 6.73. The van der Waals surface area contributed by atoms with Gasteiger partial charge in [0.15, 0.2) is 0 Å². The maximum Gasteiger partial charge on any atom is 0.138 e. The molecular formula is C11H11ClOS. The van der Waals surface area contributed by atoms with Crippen LogP contribution in [0.15, 0.2) is 17.5 Å². The number of thiophene rings is 1. The van der Waals surface area contributed by atoms with Crippen LogP contribution in [0.2, 0.25) is 5.02 Å². The van der Waals surface area contributed by atoms with Crippen LogP contribution in [0.5, 0.6) is 5.75 Å². The van der Waals surface area contributed by atoms with Gasteiger partial charge in [-0.1, -0.05) is 11.6 Å². The predicted octanol–water partition coefficient (Wildman–Crippen LogP) is 4.26. The van der Waals surface area contributed by atoms with Gasteiger partial charge >= 0.3 is 0 Å². The summed E-state index contributed by atoms with van der Waals surface area (Å²) in [6.07, 6.45) is 0. The van der Waals surface area contributed by atoms with Gasteiger partial charge in [-0.15, -0.1) is 11.3 Å². The van der Waals surface area contributed by atoms with Crippen LogP contribution in [-0.4, -0.2) is 6.61 Å². The molecule has 3 heteroatoms. The van der Waals surface area contributed by atoms with Crippen molar-refractivity contribution >= 4 is 33.0 Å². The summed E-state index contributed by atoms with van der Waals surface area (Å²) in [7, 11) is 0. The molecule has 0 aliphatic carbocycles. The maximum absolute atomic E-state index is 6.11. The lowest BCUT2D eigenvalue weighted by molar-refractivity contribution is 0.345. The van der Waals surface area contributed by atoms with E-state index in [9.17, 15) is 0 Å². The van der Waals surface area contributed by atoms with E-state index in [-0.39, 0.29) is 0 Å². The van der Waals surface area contributed by atoms with Gasteiger partial charge in [0.1, 0.15) is 5.75 Å². The zero-order chi connectivity index (χ0) is 10.1. The lowest BCUT2D eigenvalue weighted by Crippen LogP contribution is -1.92. The molecule has 0 spiro atoms. The molecule has 0 bridgehead atoms. The molecule has 74 valence electrons. The molecule has 2 rings (SSSR count). The third kappa shape index (κ3) is 1.49. The van der Waals surface area contributed by atoms with Crippen LogP contribution in [0.3, 0.4) is 0 Å². The second kappa shape index (κ2) is 3.79. The summed E-state index contributed by atoms with van der Waals surface area (Å²) in [5.41, 5.74) is 1.13. The van der Waals surface area contributed by atoms with Crippen molar-refractivity contribution < 1.29 is 4.74 Å². The van der Waals surface area contributed by atoms with Crippen LogP contribution >= 0.6 is 22.9 Å². The van der Waals surface area contributed by atoms with Crippen molar-refractivity contribution in [3.63, 3.8) is 0 Å². The SMILES string of the molecule is CCOc1cc(Cl)c(C)c2ccsc12. The summed E-state index contributed by atoms with van der Waals surface area (Å²) in [5, 5.41) is 4.04. The fourth-order valence-corrected chi connectivity index (χ4v) is 2.60. The maximum atomic E-state index is 6.11. The van der Waals surface area contributed by atoms with E-state index in [0.29, 0.717) is 6.61 Å². The lowest BCUT2D eigenvalue weighted by Gasteiger charge is -2.07. The van der Waals surface area contributed by atoms with Crippen molar-refractivity contribution in [2.75, 3.05) is 6.61 Å². The van der Waals surface area contributed by atoms with Crippen LogP contribution in [0.4, 0.5) is 0 Å². The summed E-state index contributed by atoms with van der Waals surface area (Å²) in [5.74, 6) is 0.896. The van der Waals surface area contributed by atoms with Crippen molar-refractivity contribution in [2.24, 2.45) is 0 Å². The van der Waals surface area contributed by atoms with Gasteiger partial charge in [0.25, 0.3) is 0 Å². The Morgan fingerprint density at radius 1 is 1.50 bits per heavy atom. The van der Waals surface area contributed by atoms with Crippen molar-refractivity contribution in [1.82, 2.24) is 0 Å². The normalized spacial score (nSPS) is 10.8. The number of halogens is 1. The van der Waals surface area contributed by atoms with Gasteiger partial charge in [-0.2, -0.15) is 0 Å². The molecule has 0 N–H and O–H groups in total. The predicted molar refractivity (Wildman–Crippen MR) is 62.7 cm³/mol. The summed E-state index contributed by atoms with van der Waals surface area (Å²) in [6, 6.07) is 3.99. The Labute approximate surface area is 92.3 Å². The number of hydrogen-bond donors (Lipinski definition) is 0. The Morgan fingerprint density at radius 2 is 2.29 bits per heavy atom. The second-order valence-corrected chi connectivity index (χ2v) is 4.40. The smallest absolute Gasteiger partial charge is 0.138 e. The minimum absolute atomic E-state index is 0.673. The summed E-state index contributed by atoms with van der Waals surface area (Å²) in [6.45, 7) is 4.69. The van der Waals surface area contributed by atoms with Crippen molar-refractivity contribution in [1.29, 1.82) is 0 Å².